The zero-order chi connectivity index (χ0) is 26.0. The quantitative estimate of drug-likeness (QED) is 0.325. The average molecular weight is 487 g/mol. The minimum absolute atomic E-state index is 0.366. The number of nitriles is 1. The number of carbonyl (C=O) groups is 1. The largest absolute Gasteiger partial charge is 0.378 e. The van der Waals surface area contributed by atoms with E-state index in [2.05, 4.69) is 60.6 Å². The van der Waals surface area contributed by atoms with Gasteiger partial charge >= 0.3 is 0 Å². The first-order valence-corrected chi connectivity index (χ1v) is 13.4. The van der Waals surface area contributed by atoms with E-state index in [9.17, 15) is 10.1 Å². The van der Waals surface area contributed by atoms with Crippen LogP contribution in [0.3, 0.4) is 0 Å². The number of nitrogens with zero attached hydrogens (tertiary/aromatic N) is 1. The summed E-state index contributed by atoms with van der Waals surface area (Å²) >= 11 is 1.62. The molecule has 1 saturated carbocycles. The smallest absolute Gasteiger partial charge is 0.130 e. The Morgan fingerprint density at radius 1 is 1.11 bits per heavy atom. The minimum Gasteiger partial charge on any atom is -0.378 e. The van der Waals surface area contributed by atoms with Gasteiger partial charge in [-0.25, -0.2) is 0 Å². The molecule has 0 amide bonds. The van der Waals surface area contributed by atoms with Crippen LogP contribution in [0.2, 0.25) is 0 Å². The van der Waals surface area contributed by atoms with Crippen molar-refractivity contribution in [3.8, 4) is 17.2 Å². The number of thiophene rings is 1. The van der Waals surface area contributed by atoms with Crippen LogP contribution in [0.1, 0.15) is 87.8 Å². The summed E-state index contributed by atoms with van der Waals surface area (Å²) in [4.78, 5) is 13.4. The lowest BCUT2D eigenvalue weighted by molar-refractivity contribution is -0.110. The molecule has 2 atom stereocenters. The van der Waals surface area contributed by atoms with Gasteiger partial charge in [-0.3, -0.25) is 0 Å². The SMILES string of the molecule is C=C(C)NC(C)(c1cc(-c2cccc(C#N)c2)cs1)C(C=O)c1ccc(C2CC2)cc1.CC.CC. The predicted molar refractivity (Wildman–Crippen MR) is 150 cm³/mol. The molecule has 2 aromatic carbocycles. The number of rotatable bonds is 8. The van der Waals surface area contributed by atoms with E-state index < -0.39 is 5.54 Å². The van der Waals surface area contributed by atoms with E-state index in [0.717, 1.165) is 33.6 Å². The van der Waals surface area contributed by atoms with Crippen molar-refractivity contribution in [1.29, 1.82) is 5.26 Å². The topological polar surface area (TPSA) is 52.9 Å². The Balaban J connectivity index is 0.00000103. The Morgan fingerprint density at radius 3 is 2.31 bits per heavy atom. The number of hydrogen-bond acceptors (Lipinski definition) is 4. The molecule has 1 N–H and O–H groups in total. The van der Waals surface area contributed by atoms with Crippen LogP contribution >= 0.6 is 11.3 Å². The third-order valence-corrected chi connectivity index (χ3v) is 7.18. The van der Waals surface area contributed by atoms with Crippen molar-refractivity contribution in [2.45, 2.75) is 71.8 Å². The maximum Gasteiger partial charge on any atom is 0.130 e. The van der Waals surface area contributed by atoms with Gasteiger partial charge in [0.25, 0.3) is 0 Å². The van der Waals surface area contributed by atoms with Gasteiger partial charge in [0.2, 0.25) is 0 Å². The number of nitrogens with one attached hydrogen (secondary N) is 1. The number of benzene rings is 2. The molecule has 1 fully saturated rings. The molecule has 1 aromatic heterocycles. The Morgan fingerprint density at radius 2 is 1.77 bits per heavy atom. The zero-order valence-electron chi connectivity index (χ0n) is 21.9. The van der Waals surface area contributed by atoms with Gasteiger partial charge in [-0.05, 0) is 78.4 Å². The molecule has 1 heterocycles. The number of allylic oxidation sites excluding steroid dienone is 1. The normalized spacial score (nSPS) is 14.5. The molecular weight excluding hydrogens is 448 g/mol. The highest BCUT2D eigenvalue weighted by atomic mass is 32.1. The van der Waals surface area contributed by atoms with E-state index in [1.54, 1.807) is 17.4 Å². The van der Waals surface area contributed by atoms with Crippen LogP contribution in [0.4, 0.5) is 0 Å². The summed E-state index contributed by atoms with van der Waals surface area (Å²) < 4.78 is 0. The van der Waals surface area contributed by atoms with Crippen molar-refractivity contribution in [1.82, 2.24) is 5.32 Å². The summed E-state index contributed by atoms with van der Waals surface area (Å²) in [6, 6.07) is 20.4. The first-order chi connectivity index (χ1) is 16.9. The maximum absolute atomic E-state index is 12.4. The summed E-state index contributed by atoms with van der Waals surface area (Å²) in [5.41, 5.74) is 5.21. The Labute approximate surface area is 215 Å². The second kappa shape index (κ2) is 13.1. The van der Waals surface area contributed by atoms with Crippen LogP contribution in [0.5, 0.6) is 0 Å². The van der Waals surface area contributed by atoms with Crippen molar-refractivity contribution in [3.63, 3.8) is 0 Å². The highest BCUT2D eigenvalue weighted by Crippen LogP contribution is 2.43. The van der Waals surface area contributed by atoms with Crippen LogP contribution < -0.4 is 5.32 Å². The van der Waals surface area contributed by atoms with Crippen molar-refractivity contribution < 1.29 is 4.79 Å². The van der Waals surface area contributed by atoms with Gasteiger partial charge < -0.3 is 10.1 Å². The molecule has 35 heavy (non-hydrogen) atoms. The fraction of sp³-hybridized carbons (Fsp3) is 0.355. The monoisotopic (exact) mass is 486 g/mol. The molecule has 0 saturated heterocycles. The van der Waals surface area contributed by atoms with E-state index in [0.29, 0.717) is 11.5 Å². The molecule has 184 valence electrons. The fourth-order valence-corrected chi connectivity index (χ4v) is 5.28. The Bertz CT molecular complexity index is 1150. The molecule has 3 aromatic rings. The van der Waals surface area contributed by atoms with E-state index in [1.807, 2.05) is 52.8 Å². The van der Waals surface area contributed by atoms with E-state index in [4.69, 9.17) is 0 Å². The van der Waals surface area contributed by atoms with Crippen LogP contribution in [-0.2, 0) is 10.3 Å². The maximum atomic E-state index is 12.4. The minimum atomic E-state index is -0.634. The van der Waals surface area contributed by atoms with Crippen molar-refractivity contribution in [2.24, 2.45) is 0 Å². The molecule has 1 aliphatic carbocycles. The molecule has 1 aliphatic rings. The van der Waals surface area contributed by atoms with Crippen molar-refractivity contribution >= 4 is 17.6 Å². The van der Waals surface area contributed by atoms with Crippen LogP contribution in [-0.4, -0.2) is 6.29 Å². The molecule has 2 unspecified atom stereocenters. The molecule has 0 radical (unpaired) electrons. The lowest BCUT2D eigenvalue weighted by atomic mass is 9.79. The zero-order valence-corrected chi connectivity index (χ0v) is 22.7. The van der Waals surface area contributed by atoms with E-state index in [1.165, 1.54) is 18.4 Å². The van der Waals surface area contributed by atoms with Gasteiger partial charge in [-0.15, -0.1) is 11.3 Å². The van der Waals surface area contributed by atoms with Crippen molar-refractivity contribution in [3.05, 3.63) is 93.8 Å². The fourth-order valence-electron chi connectivity index (χ4n) is 4.20. The Kier molecular flexibility index (Phi) is 10.5. The van der Waals surface area contributed by atoms with Gasteiger partial charge in [-0.1, -0.05) is 70.7 Å². The summed E-state index contributed by atoms with van der Waals surface area (Å²) in [6.45, 7) is 16.0. The van der Waals surface area contributed by atoms with Crippen LogP contribution in [0.15, 0.2) is 72.3 Å². The summed E-state index contributed by atoms with van der Waals surface area (Å²) in [5, 5.41) is 14.8. The van der Waals surface area contributed by atoms with E-state index >= 15 is 0 Å². The average Bonchev–Trinajstić information content (AvgIpc) is 3.62. The summed E-state index contributed by atoms with van der Waals surface area (Å²) in [7, 11) is 0. The second-order valence-electron chi connectivity index (χ2n) is 8.55. The van der Waals surface area contributed by atoms with Gasteiger partial charge in [0.1, 0.15) is 6.29 Å². The van der Waals surface area contributed by atoms with E-state index in [-0.39, 0.29) is 5.92 Å². The summed E-state index contributed by atoms with van der Waals surface area (Å²) in [5.74, 6) is 0.321. The molecule has 0 aliphatic heterocycles. The molecule has 3 nitrogen and oxygen atoms in total. The van der Waals surface area contributed by atoms with Gasteiger partial charge in [0.05, 0.1) is 23.1 Å². The molecule has 4 heteroatoms. The van der Waals surface area contributed by atoms with Crippen LogP contribution in [0.25, 0.3) is 11.1 Å². The van der Waals surface area contributed by atoms with Gasteiger partial charge in [0, 0.05) is 10.6 Å². The predicted octanol–water partition coefficient (Wildman–Crippen LogP) is 8.54. The number of carbonyl (C=O) groups excluding carboxylic acids is 1. The van der Waals surface area contributed by atoms with Gasteiger partial charge in [0.15, 0.2) is 0 Å². The standard InChI is InChI=1S/C27H26N2OS.2C2H6/c1-18(2)29-27(3,25(16-30)22-11-9-21(10-12-22)20-7-8-20)26-14-24(17-31-26)23-6-4-5-19(13-23)15-28;2*1-2/h4-6,9-14,16-17,20,25,29H,1,7-8H2,2-3H3;2*1-2H3. The Hall–Kier alpha value is -3.16. The third kappa shape index (κ3) is 6.71. The van der Waals surface area contributed by atoms with Gasteiger partial charge in [-0.2, -0.15) is 5.26 Å². The number of aldehydes is 1. The lowest BCUT2D eigenvalue weighted by Crippen LogP contribution is -2.43. The lowest BCUT2D eigenvalue weighted by Gasteiger charge is -2.36. The number of hydrogen-bond donors (Lipinski definition) is 1. The first-order valence-electron chi connectivity index (χ1n) is 12.5. The first kappa shape index (κ1) is 28.1. The highest BCUT2D eigenvalue weighted by molar-refractivity contribution is 7.10. The third-order valence-electron chi connectivity index (χ3n) is 6.01. The molecule has 4 rings (SSSR count). The second-order valence-corrected chi connectivity index (χ2v) is 9.47. The molecule has 0 bridgehead atoms. The highest BCUT2D eigenvalue weighted by Gasteiger charge is 2.38. The summed E-state index contributed by atoms with van der Waals surface area (Å²) in [6.07, 6.45) is 3.56. The molecular formula is C31H38N2OS. The van der Waals surface area contributed by atoms with Crippen molar-refractivity contribution in [2.75, 3.05) is 0 Å². The molecule has 0 spiro atoms. The van der Waals surface area contributed by atoms with Crippen LogP contribution in [0, 0.1) is 11.3 Å².